The van der Waals surface area contributed by atoms with E-state index >= 15 is 0 Å². The molecule has 172 valence electrons. The van der Waals surface area contributed by atoms with E-state index in [0.717, 1.165) is 12.6 Å². The van der Waals surface area contributed by atoms with Crippen LogP contribution in [0.25, 0.3) is 0 Å². The third kappa shape index (κ3) is 4.41. The third-order valence-electron chi connectivity index (χ3n) is 5.58. The molecule has 1 spiro atoms. The van der Waals surface area contributed by atoms with Crippen LogP contribution in [0.4, 0.5) is 39.5 Å². The van der Waals surface area contributed by atoms with E-state index in [9.17, 15) is 22.0 Å². The van der Waals surface area contributed by atoms with Gasteiger partial charge in [0.1, 0.15) is 11.6 Å². The van der Waals surface area contributed by atoms with Crippen molar-refractivity contribution in [3.05, 3.63) is 29.3 Å². The molecule has 0 atom stereocenters. The van der Waals surface area contributed by atoms with Crippen LogP contribution in [0, 0.1) is 17.7 Å². The molecule has 32 heavy (non-hydrogen) atoms. The van der Waals surface area contributed by atoms with Crippen molar-refractivity contribution in [2.24, 2.45) is 5.41 Å². The highest BCUT2D eigenvalue weighted by Crippen LogP contribution is 2.42. The average Bonchev–Trinajstić information content (AvgIpc) is 3.15. The Hall–Kier alpha value is -3.12. The highest BCUT2D eigenvalue weighted by molar-refractivity contribution is 5.84. The minimum atomic E-state index is -4.61. The largest absolute Gasteiger partial charge is 0.451 e. The van der Waals surface area contributed by atoms with Gasteiger partial charge in [-0.05, 0) is 13.3 Å². The van der Waals surface area contributed by atoms with E-state index in [0.29, 0.717) is 37.7 Å². The molecule has 0 amide bonds. The van der Waals surface area contributed by atoms with Gasteiger partial charge in [-0.1, -0.05) is 0 Å². The first-order valence-electron chi connectivity index (χ1n) is 9.91. The summed E-state index contributed by atoms with van der Waals surface area (Å²) in [6, 6.07) is 1.54. The summed E-state index contributed by atoms with van der Waals surface area (Å²) in [5.74, 6) is -0.374. The molecule has 2 aliphatic rings. The molecule has 0 aromatic carbocycles. The van der Waals surface area contributed by atoms with Crippen LogP contribution in [-0.2, 0) is 6.18 Å². The quantitative estimate of drug-likeness (QED) is 0.510. The molecule has 0 unspecified atom stereocenters. The molecule has 2 aliphatic heterocycles. The molecule has 2 saturated heterocycles. The van der Waals surface area contributed by atoms with Gasteiger partial charge in [0.05, 0.1) is 12.1 Å². The van der Waals surface area contributed by atoms with Crippen molar-refractivity contribution >= 4 is 23.8 Å². The SMILES string of the molecule is Cc1cc(N2CC3(CCN(c4ncc(C=N)c(NCC(F)F)n4)C3)C2)nc(C(F)(F)F)n1. The normalized spacial score (nSPS) is 17.7. The number of hydrogen-bond acceptors (Lipinski definition) is 8. The molecule has 4 rings (SSSR count). The van der Waals surface area contributed by atoms with E-state index in [4.69, 9.17) is 5.41 Å². The summed E-state index contributed by atoms with van der Waals surface area (Å²) in [5.41, 5.74) is 0.412. The fourth-order valence-corrected chi connectivity index (χ4v) is 4.09. The fraction of sp³-hybridized carbons (Fsp3) is 0.526. The Morgan fingerprint density at radius 3 is 2.56 bits per heavy atom. The molecule has 0 aliphatic carbocycles. The van der Waals surface area contributed by atoms with Crippen molar-refractivity contribution < 1.29 is 22.0 Å². The van der Waals surface area contributed by atoms with Gasteiger partial charge in [0, 0.05) is 55.8 Å². The van der Waals surface area contributed by atoms with Crippen molar-refractivity contribution in [1.82, 2.24) is 19.9 Å². The van der Waals surface area contributed by atoms with Gasteiger partial charge in [-0.2, -0.15) is 18.2 Å². The molecule has 0 radical (unpaired) electrons. The van der Waals surface area contributed by atoms with E-state index in [1.54, 1.807) is 4.90 Å². The van der Waals surface area contributed by atoms with Crippen molar-refractivity contribution in [3.63, 3.8) is 0 Å². The van der Waals surface area contributed by atoms with Crippen molar-refractivity contribution in [2.75, 3.05) is 47.8 Å². The topological polar surface area (TPSA) is 93.9 Å². The molecule has 2 N–H and O–H groups in total. The number of anilines is 3. The molecule has 2 aromatic rings. The maximum absolute atomic E-state index is 13.0. The standard InChI is InChI=1S/C19H21F5N8/c1-11-4-14(29-16(28-11)19(22,23)24)32-9-18(10-32)2-3-31(8-18)17-27-6-12(5-25)15(30-17)26-7-13(20)21/h4-6,13,25H,2-3,7-10H2,1H3,(H,26,27,30). The van der Waals surface area contributed by atoms with Crippen LogP contribution in [0.1, 0.15) is 23.5 Å². The van der Waals surface area contributed by atoms with E-state index in [1.807, 2.05) is 4.90 Å². The van der Waals surface area contributed by atoms with Crippen molar-refractivity contribution in [3.8, 4) is 0 Å². The summed E-state index contributed by atoms with van der Waals surface area (Å²) in [7, 11) is 0. The lowest BCUT2D eigenvalue weighted by molar-refractivity contribution is -0.145. The van der Waals surface area contributed by atoms with E-state index in [2.05, 4.69) is 25.3 Å². The van der Waals surface area contributed by atoms with Crippen LogP contribution in [0.2, 0.25) is 0 Å². The molecule has 2 fully saturated rings. The number of alkyl halides is 5. The van der Waals surface area contributed by atoms with Gasteiger partial charge in [0.2, 0.25) is 11.8 Å². The van der Waals surface area contributed by atoms with Crippen LogP contribution in [0.3, 0.4) is 0 Å². The molecule has 0 saturated carbocycles. The minimum absolute atomic E-state index is 0.141. The summed E-state index contributed by atoms with van der Waals surface area (Å²) in [6.07, 6.45) is -3.99. The number of rotatable bonds is 6. The molecule has 8 nitrogen and oxygen atoms in total. The predicted octanol–water partition coefficient (Wildman–Crippen LogP) is 2.99. The van der Waals surface area contributed by atoms with Crippen LogP contribution >= 0.6 is 0 Å². The summed E-state index contributed by atoms with van der Waals surface area (Å²) >= 11 is 0. The Labute approximate surface area is 180 Å². The molecule has 0 bridgehead atoms. The molecular weight excluding hydrogens is 435 g/mol. The summed E-state index contributed by atoms with van der Waals surface area (Å²) < 4.78 is 64.2. The van der Waals surface area contributed by atoms with E-state index in [1.165, 1.54) is 19.2 Å². The van der Waals surface area contributed by atoms with E-state index < -0.39 is 25.0 Å². The molecule has 4 heterocycles. The number of aryl methyl sites for hydroxylation is 1. The highest BCUT2D eigenvalue weighted by Gasteiger charge is 2.49. The van der Waals surface area contributed by atoms with Crippen LogP contribution in [-0.4, -0.2) is 65.3 Å². The monoisotopic (exact) mass is 456 g/mol. The highest BCUT2D eigenvalue weighted by atomic mass is 19.4. The van der Waals surface area contributed by atoms with E-state index in [-0.39, 0.29) is 22.7 Å². The van der Waals surface area contributed by atoms with Gasteiger partial charge >= 0.3 is 6.18 Å². The van der Waals surface area contributed by atoms with Gasteiger partial charge < -0.3 is 20.5 Å². The third-order valence-corrected chi connectivity index (χ3v) is 5.58. The Morgan fingerprint density at radius 1 is 1.19 bits per heavy atom. The molecule has 2 aromatic heterocycles. The first-order chi connectivity index (χ1) is 15.1. The smallest absolute Gasteiger partial charge is 0.364 e. The second kappa shape index (κ2) is 8.10. The maximum atomic E-state index is 13.0. The number of aromatic nitrogens is 4. The molecular formula is C19H21F5N8. The number of nitrogens with zero attached hydrogens (tertiary/aromatic N) is 6. The Bertz CT molecular complexity index is 1010. The molecule has 13 heteroatoms. The summed E-state index contributed by atoms with van der Waals surface area (Å²) in [5, 5.41) is 9.93. The zero-order chi connectivity index (χ0) is 23.1. The number of nitrogens with one attached hydrogen (secondary N) is 2. The van der Waals surface area contributed by atoms with Crippen LogP contribution in [0.5, 0.6) is 0 Å². The van der Waals surface area contributed by atoms with Gasteiger partial charge in [-0.15, -0.1) is 0 Å². The maximum Gasteiger partial charge on any atom is 0.451 e. The zero-order valence-electron chi connectivity index (χ0n) is 17.1. The van der Waals surface area contributed by atoms with Gasteiger partial charge in [-0.25, -0.2) is 23.7 Å². The minimum Gasteiger partial charge on any atom is -0.364 e. The first-order valence-corrected chi connectivity index (χ1v) is 9.91. The summed E-state index contributed by atoms with van der Waals surface area (Å²) in [4.78, 5) is 19.4. The lowest BCUT2D eigenvalue weighted by atomic mass is 9.79. The lowest BCUT2D eigenvalue weighted by Gasteiger charge is -2.48. The van der Waals surface area contributed by atoms with Crippen LogP contribution in [0.15, 0.2) is 12.3 Å². The van der Waals surface area contributed by atoms with Crippen LogP contribution < -0.4 is 15.1 Å². The average molecular weight is 456 g/mol. The van der Waals surface area contributed by atoms with Gasteiger partial charge in [0.15, 0.2) is 0 Å². The van der Waals surface area contributed by atoms with Crippen molar-refractivity contribution in [2.45, 2.75) is 25.9 Å². The predicted molar refractivity (Wildman–Crippen MR) is 108 cm³/mol. The fourth-order valence-electron chi connectivity index (χ4n) is 4.09. The lowest BCUT2D eigenvalue weighted by Crippen LogP contribution is -2.58. The second-order valence-corrected chi connectivity index (χ2v) is 8.11. The summed E-state index contributed by atoms with van der Waals surface area (Å²) in [6.45, 7) is 3.19. The van der Waals surface area contributed by atoms with Gasteiger partial charge in [-0.3, -0.25) is 0 Å². The second-order valence-electron chi connectivity index (χ2n) is 8.11. The number of halogens is 5. The number of hydrogen-bond donors (Lipinski definition) is 2. The van der Waals surface area contributed by atoms with Gasteiger partial charge in [0.25, 0.3) is 6.43 Å². The first kappa shape index (κ1) is 22.1. The Balaban J connectivity index is 1.45. The Morgan fingerprint density at radius 2 is 1.91 bits per heavy atom. The van der Waals surface area contributed by atoms with Crippen molar-refractivity contribution in [1.29, 1.82) is 5.41 Å². The Kier molecular flexibility index (Phi) is 5.59. The zero-order valence-corrected chi connectivity index (χ0v) is 17.1.